The quantitative estimate of drug-likeness (QED) is 0.270. The molecule has 0 spiro atoms. The van der Waals surface area contributed by atoms with Gasteiger partial charge in [-0.05, 0) is 79.6 Å². The number of nitrogens with zero attached hydrogens (tertiary/aromatic N) is 2. The Balaban J connectivity index is 1.38. The van der Waals surface area contributed by atoms with Crippen LogP contribution >= 0.6 is 23.4 Å². The first kappa shape index (κ1) is 28.5. The van der Waals surface area contributed by atoms with Gasteiger partial charge in [0.05, 0.1) is 17.6 Å². The Morgan fingerprint density at radius 2 is 2.11 bits per heavy atom. The summed E-state index contributed by atoms with van der Waals surface area (Å²) in [6, 6.07) is 8.72. The zero-order valence-electron chi connectivity index (χ0n) is 21.2. The van der Waals surface area contributed by atoms with Gasteiger partial charge in [0.25, 0.3) is 0 Å². The van der Waals surface area contributed by atoms with Crippen LogP contribution in [0.15, 0.2) is 47.5 Å². The van der Waals surface area contributed by atoms with Crippen molar-refractivity contribution in [3.05, 3.63) is 64.8 Å². The number of pyridine rings is 1. The van der Waals surface area contributed by atoms with Gasteiger partial charge in [0.2, 0.25) is 0 Å². The number of likely N-dealkylation sites (tertiary alicyclic amines) is 1. The molecule has 3 atom stereocenters. The van der Waals surface area contributed by atoms with E-state index in [0.717, 1.165) is 48.0 Å². The predicted molar refractivity (Wildman–Crippen MR) is 147 cm³/mol. The highest BCUT2D eigenvalue weighted by Gasteiger charge is 2.31. The first-order valence-electron chi connectivity index (χ1n) is 12.6. The van der Waals surface area contributed by atoms with Crippen molar-refractivity contribution in [2.75, 3.05) is 32.5 Å². The van der Waals surface area contributed by atoms with Crippen LogP contribution < -0.4 is 10.5 Å². The standard InChI is InChI=1S/C28H32ClF2N3O3S/c1-37-20-4-7-25-21(14-20)28(22(29)15-33-25)24(32)6-2-17-8-9-34(16-18(17)12-27(35)36)10-11-38-26-13-19(30)3-5-23(26)31/h3-5,7,13-15,17-18,24H,2,6,8-12,16,32H2,1H3,(H,35,36)/t17?,18?,24-/m1/s1. The second kappa shape index (κ2) is 13.1. The monoisotopic (exact) mass is 563 g/mol. The molecule has 38 heavy (non-hydrogen) atoms. The predicted octanol–water partition coefficient (Wildman–Crippen LogP) is 6.16. The number of carboxylic acid groups (broad SMARTS) is 1. The summed E-state index contributed by atoms with van der Waals surface area (Å²) in [5.41, 5.74) is 8.26. The number of halogens is 3. The maximum Gasteiger partial charge on any atom is 0.303 e. The number of aliphatic carboxylic acids is 1. The van der Waals surface area contributed by atoms with Crippen molar-refractivity contribution < 1.29 is 23.4 Å². The molecule has 3 aromatic rings. The largest absolute Gasteiger partial charge is 0.497 e. The smallest absolute Gasteiger partial charge is 0.303 e. The molecule has 0 radical (unpaired) electrons. The number of ether oxygens (including phenoxy) is 1. The normalized spacial score (nSPS) is 19.0. The van der Waals surface area contributed by atoms with Crippen molar-refractivity contribution in [3.8, 4) is 5.75 Å². The molecular formula is C28H32ClF2N3O3S. The maximum atomic E-state index is 13.9. The number of carbonyl (C=O) groups is 1. The van der Waals surface area contributed by atoms with Crippen LogP contribution in [-0.4, -0.2) is 53.5 Å². The minimum atomic E-state index is -0.822. The Bertz CT molecular complexity index is 1280. The van der Waals surface area contributed by atoms with Crippen LogP contribution in [0.25, 0.3) is 10.9 Å². The van der Waals surface area contributed by atoms with Crippen molar-refractivity contribution >= 4 is 40.2 Å². The molecule has 1 fully saturated rings. The van der Waals surface area contributed by atoms with Crippen molar-refractivity contribution in [2.24, 2.45) is 17.6 Å². The van der Waals surface area contributed by atoms with Gasteiger partial charge in [0.15, 0.2) is 0 Å². The lowest BCUT2D eigenvalue weighted by molar-refractivity contribution is -0.139. The fourth-order valence-electron chi connectivity index (χ4n) is 5.28. The molecule has 1 aliphatic heterocycles. The van der Waals surface area contributed by atoms with Crippen LogP contribution in [0.1, 0.15) is 37.3 Å². The summed E-state index contributed by atoms with van der Waals surface area (Å²) in [7, 11) is 1.60. The number of nitrogens with two attached hydrogens (primary N) is 1. The molecule has 1 aromatic heterocycles. The highest BCUT2D eigenvalue weighted by Crippen LogP contribution is 2.36. The number of hydrogen-bond donors (Lipinski definition) is 2. The van der Waals surface area contributed by atoms with Crippen LogP contribution in [0.4, 0.5) is 8.78 Å². The van der Waals surface area contributed by atoms with Gasteiger partial charge in [-0.1, -0.05) is 11.6 Å². The summed E-state index contributed by atoms with van der Waals surface area (Å²) >= 11 is 7.80. The molecule has 0 bridgehead atoms. The van der Waals surface area contributed by atoms with Crippen LogP contribution in [0.2, 0.25) is 5.02 Å². The third kappa shape index (κ3) is 7.14. The SMILES string of the molecule is COc1ccc2ncc(Cl)c([C@H](N)CCC3CCN(CCSc4cc(F)ccc4F)CC3CC(=O)O)c2c1. The number of thioether (sulfide) groups is 1. The molecule has 1 saturated heterocycles. The van der Waals surface area contributed by atoms with E-state index >= 15 is 0 Å². The van der Waals surface area contributed by atoms with Crippen LogP contribution in [0.5, 0.6) is 5.75 Å². The number of rotatable bonds is 11. The van der Waals surface area contributed by atoms with Gasteiger partial charge in [-0.3, -0.25) is 9.78 Å². The summed E-state index contributed by atoms with van der Waals surface area (Å²) < 4.78 is 32.7. The highest BCUT2D eigenvalue weighted by atomic mass is 35.5. The average molecular weight is 564 g/mol. The van der Waals surface area contributed by atoms with Gasteiger partial charge in [-0.25, -0.2) is 8.78 Å². The van der Waals surface area contributed by atoms with Crippen molar-refractivity contribution in [3.63, 3.8) is 0 Å². The van der Waals surface area contributed by atoms with E-state index in [-0.39, 0.29) is 29.2 Å². The first-order chi connectivity index (χ1) is 18.2. The molecule has 2 heterocycles. The molecule has 10 heteroatoms. The van der Waals surface area contributed by atoms with Gasteiger partial charge < -0.3 is 20.5 Å². The number of methoxy groups -OCH3 is 1. The molecule has 0 saturated carbocycles. The zero-order chi connectivity index (χ0) is 27.2. The van der Waals surface area contributed by atoms with Crippen LogP contribution in [0.3, 0.4) is 0 Å². The van der Waals surface area contributed by atoms with E-state index in [9.17, 15) is 18.7 Å². The summed E-state index contributed by atoms with van der Waals surface area (Å²) in [6.45, 7) is 2.14. The molecule has 3 N–H and O–H groups in total. The van der Waals surface area contributed by atoms with Gasteiger partial charge in [-0.15, -0.1) is 11.8 Å². The first-order valence-corrected chi connectivity index (χ1v) is 14.0. The molecule has 6 nitrogen and oxygen atoms in total. The van der Waals surface area contributed by atoms with E-state index < -0.39 is 17.6 Å². The Hall–Kier alpha value is -2.46. The van der Waals surface area contributed by atoms with E-state index in [1.165, 1.54) is 17.8 Å². The lowest BCUT2D eigenvalue weighted by Crippen LogP contribution is -2.42. The molecular weight excluding hydrogens is 532 g/mol. The molecule has 204 valence electrons. The Kier molecular flexibility index (Phi) is 9.81. The molecule has 0 amide bonds. The molecule has 2 aromatic carbocycles. The molecule has 0 aliphatic carbocycles. The van der Waals surface area contributed by atoms with E-state index in [1.54, 1.807) is 13.3 Å². The summed E-state index contributed by atoms with van der Waals surface area (Å²) in [6.07, 6.45) is 3.98. The van der Waals surface area contributed by atoms with Crippen molar-refractivity contribution in [1.29, 1.82) is 0 Å². The number of benzene rings is 2. The van der Waals surface area contributed by atoms with E-state index in [1.807, 2.05) is 18.2 Å². The van der Waals surface area contributed by atoms with Gasteiger partial charge >= 0.3 is 5.97 Å². The highest BCUT2D eigenvalue weighted by molar-refractivity contribution is 7.99. The molecule has 4 rings (SSSR count). The zero-order valence-corrected chi connectivity index (χ0v) is 22.8. The summed E-state index contributed by atoms with van der Waals surface area (Å²) in [4.78, 5) is 18.5. The lowest BCUT2D eigenvalue weighted by atomic mass is 9.79. The minimum absolute atomic E-state index is 0.0193. The minimum Gasteiger partial charge on any atom is -0.497 e. The fourth-order valence-corrected chi connectivity index (χ4v) is 6.54. The molecule has 1 aliphatic rings. The van der Waals surface area contributed by atoms with Crippen LogP contribution in [0, 0.1) is 23.5 Å². The maximum absolute atomic E-state index is 13.9. The third-order valence-corrected chi connectivity index (χ3v) is 8.57. The third-order valence-electron chi connectivity index (χ3n) is 7.26. The fraction of sp³-hybridized carbons (Fsp3) is 0.429. The van der Waals surface area contributed by atoms with Gasteiger partial charge in [0.1, 0.15) is 17.4 Å². The number of hydrogen-bond acceptors (Lipinski definition) is 6. The molecule has 2 unspecified atom stereocenters. The van der Waals surface area contributed by atoms with Gasteiger partial charge in [-0.2, -0.15) is 0 Å². The van der Waals surface area contributed by atoms with Gasteiger partial charge in [0, 0.05) is 47.8 Å². The van der Waals surface area contributed by atoms with E-state index in [2.05, 4.69) is 9.88 Å². The van der Waals surface area contributed by atoms with E-state index in [4.69, 9.17) is 22.1 Å². The number of piperidine rings is 1. The number of carboxylic acids is 1. The summed E-state index contributed by atoms with van der Waals surface area (Å²) in [5.74, 6) is -0.241. The van der Waals surface area contributed by atoms with Crippen molar-refractivity contribution in [2.45, 2.75) is 36.6 Å². The Morgan fingerprint density at radius 3 is 2.87 bits per heavy atom. The average Bonchev–Trinajstić information content (AvgIpc) is 2.89. The lowest BCUT2D eigenvalue weighted by Gasteiger charge is -2.38. The topological polar surface area (TPSA) is 88.7 Å². The number of fused-ring (bicyclic) bond motifs is 1. The van der Waals surface area contributed by atoms with E-state index in [0.29, 0.717) is 36.0 Å². The summed E-state index contributed by atoms with van der Waals surface area (Å²) in [5, 5.41) is 10.9. The Morgan fingerprint density at radius 1 is 1.29 bits per heavy atom. The second-order valence-electron chi connectivity index (χ2n) is 9.72. The van der Waals surface area contributed by atoms with Crippen molar-refractivity contribution in [1.82, 2.24) is 9.88 Å². The second-order valence-corrected chi connectivity index (χ2v) is 11.3. The van der Waals surface area contributed by atoms with Crippen LogP contribution in [-0.2, 0) is 4.79 Å². The number of aromatic nitrogens is 1. The Labute approximate surface area is 230 Å².